The third kappa shape index (κ3) is 9.70. The van der Waals surface area contributed by atoms with Gasteiger partial charge in [-0.3, -0.25) is 4.90 Å². The maximum Gasteiger partial charge on any atom is 0.425 e. The molecule has 0 aliphatic carbocycles. The maximum atomic E-state index is 13.3. The fourth-order valence-corrected chi connectivity index (χ4v) is 5.16. The Labute approximate surface area is 261 Å². The third-order valence-electron chi connectivity index (χ3n) is 6.01. The first-order chi connectivity index (χ1) is 19.2. The lowest BCUT2D eigenvalue weighted by Gasteiger charge is -2.33. The summed E-state index contributed by atoms with van der Waals surface area (Å²) in [6.07, 6.45) is 0.862. The minimum atomic E-state index is -0.920. The van der Waals surface area contributed by atoms with Gasteiger partial charge in [0.1, 0.15) is 16.8 Å². The summed E-state index contributed by atoms with van der Waals surface area (Å²) in [5, 5.41) is 4.38. The average Bonchev–Trinajstić information content (AvgIpc) is 2.78. The summed E-state index contributed by atoms with van der Waals surface area (Å²) < 4.78 is 17.1. The Morgan fingerprint density at radius 1 is 0.952 bits per heavy atom. The van der Waals surface area contributed by atoms with E-state index in [2.05, 4.69) is 31.1 Å². The molecule has 1 aliphatic heterocycles. The van der Waals surface area contributed by atoms with Crippen LogP contribution < -0.4 is 10.2 Å². The Bertz CT molecular complexity index is 1300. The highest BCUT2D eigenvalue weighted by molar-refractivity contribution is 9.10. The number of hydrogen-bond acceptors (Lipinski definition) is 8. The highest BCUT2D eigenvalue weighted by Crippen LogP contribution is 2.38. The predicted molar refractivity (Wildman–Crippen MR) is 167 cm³/mol. The molecule has 0 saturated carbocycles. The number of carbonyl (C=O) groups excluding carboxylic acids is 3. The zero-order chi connectivity index (χ0) is 31.6. The van der Waals surface area contributed by atoms with Crippen LogP contribution in [0, 0.1) is 0 Å². The fraction of sp³-hybridized carbons (Fsp3) is 0.600. The van der Waals surface area contributed by atoms with Gasteiger partial charge in [-0.1, -0.05) is 11.6 Å². The van der Waals surface area contributed by atoms with Crippen molar-refractivity contribution in [2.45, 2.75) is 105 Å². The number of pyridine rings is 1. The van der Waals surface area contributed by atoms with Gasteiger partial charge in [-0.2, -0.15) is 4.90 Å². The van der Waals surface area contributed by atoms with E-state index in [1.54, 1.807) is 41.5 Å². The number of ether oxygens (including phenoxy) is 3. The quantitative estimate of drug-likeness (QED) is 0.328. The molecule has 1 N–H and O–H groups in total. The molecule has 3 amide bonds. The number of fused-ring (bicyclic) bond motifs is 1. The van der Waals surface area contributed by atoms with Crippen molar-refractivity contribution >= 4 is 62.4 Å². The summed E-state index contributed by atoms with van der Waals surface area (Å²) in [6.45, 7) is 18.0. The van der Waals surface area contributed by atoms with Crippen LogP contribution in [0.25, 0.3) is 10.8 Å². The van der Waals surface area contributed by atoms with Crippen LogP contribution in [0.1, 0.15) is 80.7 Å². The molecular weight excluding hydrogens is 628 g/mol. The zero-order valence-electron chi connectivity index (χ0n) is 25.9. The number of amides is 3. The van der Waals surface area contributed by atoms with Gasteiger partial charge in [-0.15, -0.1) is 0 Å². The number of imide groups is 1. The van der Waals surface area contributed by atoms with E-state index in [0.29, 0.717) is 26.8 Å². The number of benzene rings is 1. The average molecular weight is 670 g/mol. The van der Waals surface area contributed by atoms with E-state index in [1.165, 1.54) is 6.20 Å². The lowest BCUT2D eigenvalue weighted by Crippen LogP contribution is -2.45. The van der Waals surface area contributed by atoms with E-state index in [9.17, 15) is 14.4 Å². The standard InChI is InChI=1S/C30H42BrClN4O6/c1-28(2,3)40-25(37)34-19-10-12-35(13-11-19)17-18-14-20-21(31)16-33-24(23(20)22(32)15-18)36(26(38)41-29(4,5)6)27(39)42-30(7,8)9/h14-16,19H,10-13,17H2,1-9H3,(H,34,37). The second kappa shape index (κ2) is 12.9. The van der Waals surface area contributed by atoms with Crippen molar-refractivity contribution in [2.24, 2.45) is 0 Å². The summed E-state index contributed by atoms with van der Waals surface area (Å²) in [6, 6.07) is 3.82. The van der Waals surface area contributed by atoms with Gasteiger partial charge in [0.2, 0.25) is 0 Å². The van der Waals surface area contributed by atoms with Crippen molar-refractivity contribution in [2.75, 3.05) is 18.0 Å². The Morgan fingerprint density at radius 2 is 1.48 bits per heavy atom. The molecule has 42 heavy (non-hydrogen) atoms. The molecule has 10 nitrogen and oxygen atoms in total. The minimum Gasteiger partial charge on any atom is -0.444 e. The maximum absolute atomic E-state index is 13.3. The van der Waals surface area contributed by atoms with Gasteiger partial charge >= 0.3 is 18.3 Å². The highest BCUT2D eigenvalue weighted by atomic mass is 79.9. The van der Waals surface area contributed by atoms with Crippen LogP contribution in [0.4, 0.5) is 20.2 Å². The van der Waals surface area contributed by atoms with Gasteiger partial charge in [-0.25, -0.2) is 19.4 Å². The van der Waals surface area contributed by atoms with E-state index in [1.807, 2.05) is 32.9 Å². The summed E-state index contributed by atoms with van der Waals surface area (Å²) in [5.41, 5.74) is -1.32. The molecule has 12 heteroatoms. The number of nitrogens with zero attached hydrogens (tertiary/aromatic N) is 3. The molecule has 0 atom stereocenters. The molecule has 1 aromatic heterocycles. The van der Waals surface area contributed by atoms with Crippen LogP contribution in [-0.4, -0.2) is 64.1 Å². The normalized spacial score (nSPS) is 15.3. The first-order valence-electron chi connectivity index (χ1n) is 14.0. The van der Waals surface area contributed by atoms with E-state index in [-0.39, 0.29) is 11.9 Å². The molecule has 2 aromatic rings. The lowest BCUT2D eigenvalue weighted by molar-refractivity contribution is 0.0424. The number of halogens is 2. The molecule has 3 rings (SSSR count). The summed E-state index contributed by atoms with van der Waals surface area (Å²) in [5.74, 6) is 0.0160. The Kier molecular flexibility index (Phi) is 10.4. The zero-order valence-corrected chi connectivity index (χ0v) is 28.2. The van der Waals surface area contributed by atoms with Gasteiger partial charge in [0, 0.05) is 47.1 Å². The number of alkyl carbamates (subject to hydrolysis) is 1. The SMILES string of the molecule is CC(C)(C)OC(=O)NC1CCN(Cc2cc(Cl)c3c(N(C(=O)OC(C)(C)C)C(=O)OC(C)(C)C)ncc(Br)c3c2)CC1. The topological polar surface area (TPSA) is 110 Å². The molecule has 1 aliphatic rings. The number of piperidine rings is 1. The Balaban J connectivity index is 1.87. The smallest absolute Gasteiger partial charge is 0.425 e. The van der Waals surface area contributed by atoms with Crippen LogP contribution in [-0.2, 0) is 20.8 Å². The number of likely N-dealkylation sites (tertiary alicyclic amines) is 1. The molecule has 232 valence electrons. The van der Waals surface area contributed by atoms with Crippen LogP contribution in [0.3, 0.4) is 0 Å². The van der Waals surface area contributed by atoms with Gasteiger partial charge in [0.25, 0.3) is 0 Å². The van der Waals surface area contributed by atoms with E-state index in [4.69, 9.17) is 25.8 Å². The number of aromatic nitrogens is 1. The second-order valence-electron chi connectivity index (χ2n) is 13.4. The predicted octanol–water partition coefficient (Wildman–Crippen LogP) is 7.82. The Hall–Kier alpha value is -2.63. The first kappa shape index (κ1) is 33.9. The summed E-state index contributed by atoms with van der Waals surface area (Å²) in [7, 11) is 0. The van der Waals surface area contributed by atoms with Crippen molar-refractivity contribution < 1.29 is 28.6 Å². The molecule has 1 saturated heterocycles. The van der Waals surface area contributed by atoms with Crippen molar-refractivity contribution in [1.29, 1.82) is 0 Å². The molecule has 0 spiro atoms. The number of anilines is 1. The van der Waals surface area contributed by atoms with Crippen LogP contribution in [0.15, 0.2) is 22.8 Å². The molecule has 0 unspecified atom stereocenters. The van der Waals surface area contributed by atoms with E-state index >= 15 is 0 Å². The second-order valence-corrected chi connectivity index (χ2v) is 14.7. The van der Waals surface area contributed by atoms with Crippen LogP contribution in [0.2, 0.25) is 5.02 Å². The first-order valence-corrected chi connectivity index (χ1v) is 15.1. The Morgan fingerprint density at radius 3 is 1.98 bits per heavy atom. The fourth-order valence-electron chi connectivity index (χ4n) is 4.42. The van der Waals surface area contributed by atoms with Crippen molar-refractivity contribution in [1.82, 2.24) is 15.2 Å². The van der Waals surface area contributed by atoms with Gasteiger partial charge in [0.05, 0.1) is 5.02 Å². The lowest BCUT2D eigenvalue weighted by atomic mass is 10.0. The minimum absolute atomic E-state index is 0.0160. The van der Waals surface area contributed by atoms with Gasteiger partial charge in [-0.05, 0) is 109 Å². The van der Waals surface area contributed by atoms with Gasteiger partial charge < -0.3 is 19.5 Å². The largest absolute Gasteiger partial charge is 0.444 e. The summed E-state index contributed by atoms with van der Waals surface area (Å²) in [4.78, 5) is 46.2. The molecule has 2 heterocycles. The molecule has 0 bridgehead atoms. The molecule has 1 aromatic carbocycles. The van der Waals surface area contributed by atoms with Crippen molar-refractivity contribution in [3.8, 4) is 0 Å². The number of nitrogens with one attached hydrogen (secondary N) is 1. The van der Waals surface area contributed by atoms with Gasteiger partial charge in [0.15, 0.2) is 5.82 Å². The third-order valence-corrected chi connectivity index (χ3v) is 6.94. The summed E-state index contributed by atoms with van der Waals surface area (Å²) >= 11 is 10.4. The monoisotopic (exact) mass is 668 g/mol. The van der Waals surface area contributed by atoms with Crippen molar-refractivity contribution in [3.05, 3.63) is 33.4 Å². The number of hydrogen-bond donors (Lipinski definition) is 1. The van der Waals surface area contributed by atoms with Crippen molar-refractivity contribution in [3.63, 3.8) is 0 Å². The van der Waals surface area contributed by atoms with Crippen LogP contribution in [0.5, 0.6) is 0 Å². The highest BCUT2D eigenvalue weighted by Gasteiger charge is 2.35. The molecule has 0 radical (unpaired) electrons. The van der Waals surface area contributed by atoms with E-state index < -0.39 is 35.1 Å². The van der Waals surface area contributed by atoms with Crippen LogP contribution >= 0.6 is 27.5 Å². The van der Waals surface area contributed by atoms with E-state index in [0.717, 1.165) is 36.4 Å². The molecular formula is C30H42BrClN4O6. The molecule has 1 fully saturated rings. The number of carbonyl (C=O) groups is 3. The number of rotatable bonds is 4.